The summed E-state index contributed by atoms with van der Waals surface area (Å²) in [5.74, 6) is -1.08. The van der Waals surface area contributed by atoms with Crippen LogP contribution >= 0.6 is 23.1 Å². The van der Waals surface area contributed by atoms with Crippen LogP contribution in [0.5, 0.6) is 0 Å². The third kappa shape index (κ3) is 2.40. The van der Waals surface area contributed by atoms with E-state index in [1.807, 2.05) is 28.7 Å². The summed E-state index contributed by atoms with van der Waals surface area (Å²) in [5, 5.41) is 8.56. The van der Waals surface area contributed by atoms with Gasteiger partial charge >= 0.3 is 0 Å². The highest BCUT2D eigenvalue weighted by atomic mass is 32.2. The summed E-state index contributed by atoms with van der Waals surface area (Å²) in [7, 11) is 0. The number of thioether (sulfide) groups is 1. The van der Waals surface area contributed by atoms with Crippen molar-refractivity contribution in [2.75, 3.05) is 0 Å². The highest BCUT2D eigenvalue weighted by Gasteiger charge is 2.21. The minimum absolute atomic E-state index is 0.0637. The Morgan fingerprint density at radius 2 is 1.78 bits per heavy atom. The van der Waals surface area contributed by atoms with Crippen LogP contribution in [-0.4, -0.2) is 14.6 Å². The summed E-state index contributed by atoms with van der Waals surface area (Å²) >= 11 is 2.84. The molecule has 2 aromatic carbocycles. The number of para-hydroxylation sites is 1. The normalized spacial score (nSPS) is 13.0. The predicted octanol–water partition coefficient (Wildman–Crippen LogP) is 5.08. The van der Waals surface area contributed by atoms with Crippen LogP contribution in [0.1, 0.15) is 17.7 Å². The fourth-order valence-corrected chi connectivity index (χ4v) is 4.61. The van der Waals surface area contributed by atoms with Crippen molar-refractivity contribution in [3.8, 4) is 0 Å². The minimum Gasteiger partial charge on any atom is -0.260 e. The lowest BCUT2D eigenvalue weighted by molar-refractivity contribution is 0.557. The molecular weight excluding hydrogens is 336 g/mol. The quantitative estimate of drug-likeness (QED) is 0.484. The van der Waals surface area contributed by atoms with E-state index in [1.165, 1.54) is 41.3 Å². The molecule has 0 spiro atoms. The Hall–Kier alpha value is -1.99. The summed E-state index contributed by atoms with van der Waals surface area (Å²) in [4.78, 5) is 0.773. The lowest BCUT2D eigenvalue weighted by atomic mass is 10.1. The lowest BCUT2D eigenvalue weighted by Crippen LogP contribution is -1.99. The van der Waals surface area contributed by atoms with Crippen LogP contribution in [0.3, 0.4) is 0 Å². The molecule has 2 heterocycles. The molecule has 0 N–H and O–H groups in total. The van der Waals surface area contributed by atoms with Crippen molar-refractivity contribution >= 4 is 38.3 Å². The summed E-state index contributed by atoms with van der Waals surface area (Å²) in [6.45, 7) is 1.77. The summed E-state index contributed by atoms with van der Waals surface area (Å²) in [5.41, 5.74) is 1.06. The van der Waals surface area contributed by atoms with Gasteiger partial charge in [0.1, 0.15) is 11.6 Å². The van der Waals surface area contributed by atoms with E-state index in [4.69, 9.17) is 0 Å². The minimum atomic E-state index is -0.541. The van der Waals surface area contributed by atoms with Crippen LogP contribution in [0.25, 0.3) is 15.2 Å². The second kappa shape index (κ2) is 5.58. The van der Waals surface area contributed by atoms with Gasteiger partial charge in [-0.15, -0.1) is 10.2 Å². The number of hydrogen-bond donors (Lipinski definition) is 0. The van der Waals surface area contributed by atoms with Gasteiger partial charge in [0.25, 0.3) is 0 Å². The van der Waals surface area contributed by atoms with E-state index in [2.05, 4.69) is 10.2 Å². The third-order valence-electron chi connectivity index (χ3n) is 3.60. The molecule has 23 heavy (non-hydrogen) atoms. The molecule has 0 radical (unpaired) electrons. The molecule has 2 aromatic heterocycles. The summed E-state index contributed by atoms with van der Waals surface area (Å²) in [6.07, 6.45) is 0. The first-order valence-corrected chi connectivity index (χ1v) is 8.68. The van der Waals surface area contributed by atoms with E-state index < -0.39 is 16.9 Å². The molecule has 3 nitrogen and oxygen atoms in total. The lowest BCUT2D eigenvalue weighted by Gasteiger charge is -2.12. The molecule has 4 aromatic rings. The number of benzene rings is 2. The van der Waals surface area contributed by atoms with Crippen LogP contribution in [0, 0.1) is 11.6 Å². The number of halogens is 2. The number of nitrogens with zero attached hydrogens (tertiary/aromatic N) is 3. The summed E-state index contributed by atoms with van der Waals surface area (Å²) in [6, 6.07) is 11.8. The molecule has 116 valence electrons. The van der Waals surface area contributed by atoms with Gasteiger partial charge in [-0.2, -0.15) is 0 Å². The first-order valence-electron chi connectivity index (χ1n) is 6.98. The van der Waals surface area contributed by atoms with Crippen molar-refractivity contribution in [1.82, 2.24) is 14.6 Å². The first kappa shape index (κ1) is 14.6. The Morgan fingerprint density at radius 3 is 2.57 bits per heavy atom. The molecule has 1 atom stereocenters. The predicted molar refractivity (Wildman–Crippen MR) is 89.0 cm³/mol. The Bertz CT molecular complexity index is 989. The highest BCUT2D eigenvalue weighted by Crippen LogP contribution is 2.38. The smallest absolute Gasteiger partial charge is 0.217 e. The maximum Gasteiger partial charge on any atom is 0.217 e. The van der Waals surface area contributed by atoms with Gasteiger partial charge in [0.2, 0.25) is 4.96 Å². The topological polar surface area (TPSA) is 30.2 Å². The Labute approximate surface area is 139 Å². The van der Waals surface area contributed by atoms with E-state index >= 15 is 0 Å². The van der Waals surface area contributed by atoms with Crippen LogP contribution < -0.4 is 0 Å². The van der Waals surface area contributed by atoms with Gasteiger partial charge in [0, 0.05) is 10.8 Å². The molecule has 0 fully saturated rings. The zero-order chi connectivity index (χ0) is 16.0. The second-order valence-electron chi connectivity index (χ2n) is 5.07. The number of rotatable bonds is 3. The van der Waals surface area contributed by atoms with E-state index in [0.29, 0.717) is 5.16 Å². The van der Waals surface area contributed by atoms with Crippen molar-refractivity contribution in [2.45, 2.75) is 17.3 Å². The maximum absolute atomic E-state index is 13.9. The highest BCUT2D eigenvalue weighted by molar-refractivity contribution is 7.99. The zero-order valence-corrected chi connectivity index (χ0v) is 13.7. The monoisotopic (exact) mass is 347 g/mol. The summed E-state index contributed by atoms with van der Waals surface area (Å²) < 4.78 is 30.9. The van der Waals surface area contributed by atoms with Gasteiger partial charge in [-0.05, 0) is 31.2 Å². The number of fused-ring (bicyclic) bond motifs is 3. The van der Waals surface area contributed by atoms with Gasteiger partial charge in [0.05, 0.1) is 10.2 Å². The van der Waals surface area contributed by atoms with Gasteiger partial charge in [0.15, 0.2) is 5.16 Å². The van der Waals surface area contributed by atoms with Gasteiger partial charge in [-0.25, -0.2) is 8.78 Å². The van der Waals surface area contributed by atoms with E-state index in [-0.39, 0.29) is 5.56 Å². The van der Waals surface area contributed by atoms with Crippen LogP contribution in [0.2, 0.25) is 0 Å². The molecule has 4 rings (SSSR count). The van der Waals surface area contributed by atoms with Crippen molar-refractivity contribution in [3.05, 3.63) is 59.7 Å². The average Bonchev–Trinajstić information content (AvgIpc) is 3.07. The maximum atomic E-state index is 13.9. The van der Waals surface area contributed by atoms with Gasteiger partial charge in [-0.1, -0.05) is 41.3 Å². The first-order chi connectivity index (χ1) is 11.1. The van der Waals surface area contributed by atoms with Gasteiger partial charge < -0.3 is 0 Å². The molecule has 0 bridgehead atoms. The van der Waals surface area contributed by atoms with Crippen LogP contribution in [-0.2, 0) is 0 Å². The van der Waals surface area contributed by atoms with Crippen molar-refractivity contribution < 1.29 is 8.78 Å². The Kier molecular flexibility index (Phi) is 3.54. The largest absolute Gasteiger partial charge is 0.260 e. The Morgan fingerprint density at radius 1 is 1.04 bits per heavy atom. The van der Waals surface area contributed by atoms with Gasteiger partial charge in [-0.3, -0.25) is 4.40 Å². The van der Waals surface area contributed by atoms with Crippen molar-refractivity contribution in [3.63, 3.8) is 0 Å². The zero-order valence-electron chi connectivity index (χ0n) is 12.0. The van der Waals surface area contributed by atoms with E-state index in [9.17, 15) is 8.78 Å². The van der Waals surface area contributed by atoms with E-state index in [0.717, 1.165) is 15.2 Å². The van der Waals surface area contributed by atoms with E-state index in [1.54, 1.807) is 6.92 Å². The standard InChI is InChI=1S/C16H11F2N3S2/c1-9(14-10(17)5-4-6-11(14)18)22-15-19-20-16-21(15)12-7-2-3-8-13(12)23-16/h2-9H,1H3. The van der Waals surface area contributed by atoms with Crippen molar-refractivity contribution in [1.29, 1.82) is 0 Å². The van der Waals surface area contributed by atoms with Crippen LogP contribution in [0.4, 0.5) is 8.78 Å². The molecule has 0 aliphatic carbocycles. The fourth-order valence-electron chi connectivity index (χ4n) is 2.55. The fraction of sp³-hybridized carbons (Fsp3) is 0.125. The Balaban J connectivity index is 1.78. The second-order valence-corrected chi connectivity index (χ2v) is 7.38. The number of hydrogen-bond acceptors (Lipinski definition) is 4. The molecule has 0 aliphatic rings. The SMILES string of the molecule is CC(Sc1nnc2sc3ccccc3n12)c1c(F)cccc1F. The average molecular weight is 347 g/mol. The molecule has 0 aliphatic heterocycles. The third-order valence-corrected chi connectivity index (χ3v) is 5.68. The van der Waals surface area contributed by atoms with Crippen LogP contribution in [0.15, 0.2) is 47.6 Å². The number of thiazole rings is 1. The molecule has 0 saturated carbocycles. The number of aromatic nitrogens is 3. The van der Waals surface area contributed by atoms with Crippen molar-refractivity contribution in [2.24, 2.45) is 0 Å². The molecule has 0 amide bonds. The molecule has 7 heteroatoms. The molecular formula is C16H11F2N3S2. The molecule has 1 unspecified atom stereocenters. The molecule has 0 saturated heterocycles.